The Labute approximate surface area is 243 Å². The molecular weight excluding hydrogens is 491 g/mol. The zero-order chi connectivity index (χ0) is 27.1. The lowest BCUT2D eigenvalue weighted by molar-refractivity contribution is 0.543. The molecular formula is C35H61Cl2. The van der Waals surface area contributed by atoms with E-state index in [0.717, 1.165) is 5.56 Å². The molecule has 0 fully saturated rings. The first-order chi connectivity index (χ1) is 18.0. The van der Waals surface area contributed by atoms with E-state index in [9.17, 15) is 0 Å². The zero-order valence-corrected chi connectivity index (χ0v) is 26.8. The third-order valence-electron chi connectivity index (χ3n) is 8.41. The number of rotatable bonds is 25. The minimum Gasteiger partial charge on any atom is -0.0925 e. The molecule has 0 N–H and O–H groups in total. The van der Waals surface area contributed by atoms with Gasteiger partial charge in [0, 0.05) is 0 Å². The normalized spacial score (nSPS) is 11.6. The van der Waals surface area contributed by atoms with E-state index in [1.165, 1.54) is 171 Å². The Kier molecular flexibility index (Phi) is 22.3. The topological polar surface area (TPSA) is 0 Å². The van der Waals surface area contributed by atoms with Crippen molar-refractivity contribution in [2.45, 2.75) is 182 Å². The standard InChI is InChI=1S/C35H61Cl2/c1-5-7-9-11-13-15-17-18-20-22-24-26-28-33-30(3)31(4)34(35(36)37)29-32(33)27-25-23-21-19-16-14-12-10-8-6-2/h29H,5-28H2,1-4H3. The molecule has 0 amide bonds. The van der Waals surface area contributed by atoms with E-state index < -0.39 is 0 Å². The van der Waals surface area contributed by atoms with Gasteiger partial charge in [0.05, 0.1) is 0 Å². The number of aryl methyl sites for hydroxylation is 1. The fraction of sp³-hybridized carbons (Fsp3) is 0.800. The summed E-state index contributed by atoms with van der Waals surface area (Å²) in [7, 11) is 0. The van der Waals surface area contributed by atoms with Crippen molar-refractivity contribution in [3.63, 3.8) is 0 Å². The van der Waals surface area contributed by atoms with Crippen LogP contribution in [0.4, 0.5) is 0 Å². The highest BCUT2D eigenvalue weighted by molar-refractivity contribution is 6.54. The molecule has 215 valence electrons. The maximum absolute atomic E-state index is 6.28. The van der Waals surface area contributed by atoms with Crippen LogP contribution in [0.25, 0.3) is 0 Å². The second-order valence-corrected chi connectivity index (χ2v) is 12.6. The molecule has 0 aromatic heterocycles. The second-order valence-electron chi connectivity index (χ2n) is 11.6. The summed E-state index contributed by atoms with van der Waals surface area (Å²) in [5.74, 6) is 0. The fourth-order valence-electron chi connectivity index (χ4n) is 5.75. The van der Waals surface area contributed by atoms with Crippen molar-refractivity contribution in [1.29, 1.82) is 0 Å². The average molecular weight is 553 g/mol. The summed E-state index contributed by atoms with van der Waals surface area (Å²) in [4.78, 5) is 0.418. The molecule has 0 aliphatic carbocycles. The quantitative estimate of drug-likeness (QED) is 0.106. The molecule has 1 rings (SSSR count). The van der Waals surface area contributed by atoms with Crippen molar-refractivity contribution in [1.82, 2.24) is 0 Å². The van der Waals surface area contributed by atoms with Crippen LogP contribution in [0.15, 0.2) is 6.07 Å². The Morgan fingerprint density at radius 1 is 0.486 bits per heavy atom. The molecule has 0 atom stereocenters. The highest BCUT2D eigenvalue weighted by Gasteiger charge is 2.17. The van der Waals surface area contributed by atoms with Gasteiger partial charge in [-0.15, -0.1) is 0 Å². The summed E-state index contributed by atoms with van der Waals surface area (Å²) in [5, 5.41) is 0. The Bertz CT molecular complexity index is 664. The highest BCUT2D eigenvalue weighted by Crippen LogP contribution is 2.33. The van der Waals surface area contributed by atoms with Crippen molar-refractivity contribution in [3.05, 3.63) is 38.7 Å². The summed E-state index contributed by atoms with van der Waals surface area (Å²) >= 11 is 12.6. The Balaban J connectivity index is 2.38. The lowest BCUT2D eigenvalue weighted by Crippen LogP contribution is -2.05. The smallest absolute Gasteiger partial charge is 0.0925 e. The van der Waals surface area contributed by atoms with Gasteiger partial charge in [-0.05, 0) is 67.3 Å². The minimum atomic E-state index is 0.418. The molecule has 0 nitrogen and oxygen atoms in total. The summed E-state index contributed by atoms with van der Waals surface area (Å²) in [6.45, 7) is 9.06. The van der Waals surface area contributed by atoms with Gasteiger partial charge < -0.3 is 0 Å². The van der Waals surface area contributed by atoms with Crippen LogP contribution in [0.1, 0.15) is 183 Å². The second kappa shape index (κ2) is 23.7. The van der Waals surface area contributed by atoms with Crippen molar-refractivity contribution >= 4 is 23.2 Å². The minimum absolute atomic E-state index is 0.418. The molecule has 0 aliphatic heterocycles. The predicted molar refractivity (Wildman–Crippen MR) is 170 cm³/mol. The average Bonchev–Trinajstić information content (AvgIpc) is 2.88. The number of hydrogen-bond donors (Lipinski definition) is 0. The first-order valence-corrected chi connectivity index (χ1v) is 17.1. The van der Waals surface area contributed by atoms with E-state index in [4.69, 9.17) is 23.2 Å². The monoisotopic (exact) mass is 551 g/mol. The SMILES string of the molecule is CCCCCCCCCCCCCCc1c(CCCCCCCCCCCC)cc([C](Cl)Cl)c(C)c1C. The van der Waals surface area contributed by atoms with E-state index in [0.29, 0.717) is 4.84 Å². The van der Waals surface area contributed by atoms with Crippen molar-refractivity contribution < 1.29 is 0 Å². The highest BCUT2D eigenvalue weighted by atomic mass is 35.5. The van der Waals surface area contributed by atoms with Gasteiger partial charge in [0.15, 0.2) is 4.84 Å². The molecule has 1 aromatic rings. The van der Waals surface area contributed by atoms with Crippen LogP contribution in [0, 0.1) is 18.7 Å². The largest absolute Gasteiger partial charge is 0.180 e. The van der Waals surface area contributed by atoms with Crippen LogP contribution in [0.3, 0.4) is 0 Å². The summed E-state index contributed by atoms with van der Waals surface area (Å²) in [6, 6.07) is 2.31. The number of halogens is 2. The van der Waals surface area contributed by atoms with Gasteiger partial charge in [0.2, 0.25) is 0 Å². The van der Waals surface area contributed by atoms with Crippen LogP contribution in [0.5, 0.6) is 0 Å². The van der Waals surface area contributed by atoms with Crippen LogP contribution in [0.2, 0.25) is 0 Å². The molecule has 37 heavy (non-hydrogen) atoms. The Hall–Kier alpha value is -0.200. The van der Waals surface area contributed by atoms with Crippen molar-refractivity contribution in [2.24, 2.45) is 0 Å². The third kappa shape index (κ3) is 16.5. The number of benzene rings is 1. The molecule has 0 heterocycles. The first-order valence-electron chi connectivity index (χ1n) is 16.3. The maximum Gasteiger partial charge on any atom is 0.180 e. The van der Waals surface area contributed by atoms with Gasteiger partial charge in [0.25, 0.3) is 0 Å². The molecule has 1 radical (unpaired) electrons. The predicted octanol–water partition coefficient (Wildman–Crippen LogP) is 13.3. The van der Waals surface area contributed by atoms with E-state index in [-0.39, 0.29) is 0 Å². The Morgan fingerprint density at radius 3 is 1.22 bits per heavy atom. The molecule has 0 saturated heterocycles. The molecule has 0 aliphatic rings. The first kappa shape index (κ1) is 34.8. The number of unbranched alkanes of at least 4 members (excludes halogenated alkanes) is 20. The Morgan fingerprint density at radius 2 is 0.838 bits per heavy atom. The van der Waals surface area contributed by atoms with Crippen molar-refractivity contribution in [3.8, 4) is 0 Å². The van der Waals surface area contributed by atoms with Gasteiger partial charge in [0.1, 0.15) is 0 Å². The molecule has 0 bridgehead atoms. The van der Waals surface area contributed by atoms with E-state index in [1.807, 2.05) is 0 Å². The van der Waals surface area contributed by atoms with E-state index in [2.05, 4.69) is 33.8 Å². The van der Waals surface area contributed by atoms with E-state index >= 15 is 0 Å². The number of hydrogen-bond acceptors (Lipinski definition) is 0. The lowest BCUT2D eigenvalue weighted by Gasteiger charge is -2.19. The van der Waals surface area contributed by atoms with E-state index in [1.54, 1.807) is 5.56 Å². The summed E-state index contributed by atoms with van der Waals surface area (Å²) < 4.78 is 0. The fourth-order valence-corrected chi connectivity index (χ4v) is 6.14. The molecule has 1 aromatic carbocycles. The van der Waals surface area contributed by atoms with Crippen LogP contribution >= 0.6 is 23.2 Å². The molecule has 0 spiro atoms. The maximum atomic E-state index is 6.28. The lowest BCUT2D eigenvalue weighted by atomic mass is 9.88. The third-order valence-corrected chi connectivity index (χ3v) is 8.82. The van der Waals surface area contributed by atoms with Crippen LogP contribution < -0.4 is 0 Å². The summed E-state index contributed by atoms with van der Waals surface area (Å²) in [5.41, 5.74) is 6.81. The molecule has 2 heteroatoms. The molecule has 0 unspecified atom stereocenters. The van der Waals surface area contributed by atoms with Gasteiger partial charge in [-0.25, -0.2) is 0 Å². The molecule has 0 saturated carbocycles. The van der Waals surface area contributed by atoms with Gasteiger partial charge in [-0.3, -0.25) is 0 Å². The van der Waals surface area contributed by atoms with Gasteiger partial charge in [-0.1, -0.05) is 172 Å². The van der Waals surface area contributed by atoms with Crippen molar-refractivity contribution in [2.75, 3.05) is 0 Å². The van der Waals surface area contributed by atoms with Gasteiger partial charge in [-0.2, -0.15) is 0 Å². The van der Waals surface area contributed by atoms with Crippen LogP contribution in [-0.2, 0) is 12.8 Å². The van der Waals surface area contributed by atoms with Gasteiger partial charge >= 0.3 is 0 Å². The van der Waals surface area contributed by atoms with Crippen LogP contribution in [-0.4, -0.2) is 0 Å². The summed E-state index contributed by atoms with van der Waals surface area (Å²) in [6.07, 6.45) is 33.1. The zero-order valence-electron chi connectivity index (χ0n) is 25.3.